The summed E-state index contributed by atoms with van der Waals surface area (Å²) >= 11 is 0. The first-order chi connectivity index (χ1) is 8.58. The number of amides is 1. The molecule has 4 unspecified atom stereocenters. The summed E-state index contributed by atoms with van der Waals surface area (Å²) in [5, 5.41) is 3.57. The molecule has 1 saturated heterocycles. The molecule has 3 heteroatoms. The molecule has 1 aliphatic heterocycles. The van der Waals surface area contributed by atoms with Gasteiger partial charge in [0.05, 0.1) is 6.04 Å². The van der Waals surface area contributed by atoms with E-state index >= 15 is 0 Å². The van der Waals surface area contributed by atoms with Gasteiger partial charge in [-0.25, -0.2) is 0 Å². The van der Waals surface area contributed by atoms with Crippen LogP contribution in [-0.4, -0.2) is 36.0 Å². The van der Waals surface area contributed by atoms with Crippen molar-refractivity contribution in [3.05, 3.63) is 0 Å². The van der Waals surface area contributed by atoms with E-state index < -0.39 is 0 Å². The molecule has 1 amide bonds. The van der Waals surface area contributed by atoms with Crippen LogP contribution in [0.2, 0.25) is 0 Å². The standard InChI is InChI=1S/C15H28N2O/c1-11-6-7-14(12(2)10-11)16-13(3)15(18)17-8-4-5-9-17/h11-14,16H,4-10H2,1-3H3. The van der Waals surface area contributed by atoms with E-state index in [0.717, 1.165) is 19.0 Å². The van der Waals surface area contributed by atoms with Crippen molar-refractivity contribution in [1.82, 2.24) is 10.2 Å². The van der Waals surface area contributed by atoms with Crippen molar-refractivity contribution in [3.8, 4) is 0 Å². The third-order valence-electron chi connectivity index (χ3n) is 4.68. The monoisotopic (exact) mass is 252 g/mol. The zero-order valence-corrected chi connectivity index (χ0v) is 12.1. The molecule has 1 aliphatic carbocycles. The molecule has 0 spiro atoms. The Kier molecular flexibility index (Phi) is 4.66. The van der Waals surface area contributed by atoms with Crippen LogP contribution >= 0.6 is 0 Å². The number of nitrogens with zero attached hydrogens (tertiary/aromatic N) is 1. The molecule has 104 valence electrons. The Labute approximate surface area is 111 Å². The van der Waals surface area contributed by atoms with Gasteiger partial charge in [0.15, 0.2) is 0 Å². The third kappa shape index (κ3) is 3.25. The molecular formula is C15H28N2O. The maximum absolute atomic E-state index is 12.3. The maximum atomic E-state index is 12.3. The highest BCUT2D eigenvalue weighted by molar-refractivity contribution is 5.81. The lowest BCUT2D eigenvalue weighted by Crippen LogP contribution is -2.50. The van der Waals surface area contributed by atoms with E-state index in [1.807, 2.05) is 11.8 Å². The minimum absolute atomic E-state index is 0.0102. The summed E-state index contributed by atoms with van der Waals surface area (Å²) in [5.41, 5.74) is 0. The van der Waals surface area contributed by atoms with Gasteiger partial charge in [0.25, 0.3) is 0 Å². The van der Waals surface area contributed by atoms with Gasteiger partial charge in [-0.2, -0.15) is 0 Å². The van der Waals surface area contributed by atoms with Gasteiger partial charge in [-0.15, -0.1) is 0 Å². The van der Waals surface area contributed by atoms with E-state index in [0.29, 0.717) is 17.9 Å². The second-order valence-electron chi connectivity index (χ2n) is 6.42. The van der Waals surface area contributed by atoms with Gasteiger partial charge < -0.3 is 10.2 Å². The number of hydrogen-bond acceptors (Lipinski definition) is 2. The number of carbonyl (C=O) groups excluding carboxylic acids is 1. The molecular weight excluding hydrogens is 224 g/mol. The normalized spacial score (nSPS) is 34.6. The molecule has 4 atom stereocenters. The first-order valence-electron chi connectivity index (χ1n) is 7.62. The molecule has 1 heterocycles. The molecule has 0 bridgehead atoms. The van der Waals surface area contributed by atoms with Crippen molar-refractivity contribution in [2.75, 3.05) is 13.1 Å². The van der Waals surface area contributed by atoms with Gasteiger partial charge >= 0.3 is 0 Å². The number of nitrogens with one attached hydrogen (secondary N) is 1. The Balaban J connectivity index is 1.82. The van der Waals surface area contributed by atoms with Crippen molar-refractivity contribution in [2.45, 2.75) is 65.0 Å². The van der Waals surface area contributed by atoms with Crippen LogP contribution in [-0.2, 0) is 4.79 Å². The van der Waals surface area contributed by atoms with Gasteiger partial charge in [-0.1, -0.05) is 13.8 Å². The topological polar surface area (TPSA) is 32.3 Å². The lowest BCUT2D eigenvalue weighted by Gasteiger charge is -2.35. The third-order valence-corrected chi connectivity index (χ3v) is 4.68. The van der Waals surface area contributed by atoms with Gasteiger partial charge in [-0.3, -0.25) is 4.79 Å². The largest absolute Gasteiger partial charge is 0.341 e. The van der Waals surface area contributed by atoms with Crippen molar-refractivity contribution in [3.63, 3.8) is 0 Å². The second kappa shape index (κ2) is 6.05. The zero-order chi connectivity index (χ0) is 13.1. The minimum atomic E-state index is -0.0102. The van der Waals surface area contributed by atoms with Crippen LogP contribution in [0.4, 0.5) is 0 Å². The van der Waals surface area contributed by atoms with Crippen LogP contribution in [0.3, 0.4) is 0 Å². The van der Waals surface area contributed by atoms with E-state index in [-0.39, 0.29) is 6.04 Å². The predicted octanol–water partition coefficient (Wildman–Crippen LogP) is 2.41. The highest BCUT2D eigenvalue weighted by Gasteiger charge is 2.29. The molecule has 1 N–H and O–H groups in total. The van der Waals surface area contributed by atoms with Gasteiger partial charge in [0, 0.05) is 19.1 Å². The minimum Gasteiger partial charge on any atom is -0.341 e. The molecule has 2 aliphatic rings. The van der Waals surface area contributed by atoms with Crippen LogP contribution < -0.4 is 5.32 Å². The summed E-state index contributed by atoms with van der Waals surface area (Å²) in [6.45, 7) is 8.61. The first kappa shape index (κ1) is 13.9. The van der Waals surface area contributed by atoms with E-state index in [2.05, 4.69) is 19.2 Å². The highest BCUT2D eigenvalue weighted by atomic mass is 16.2. The number of carbonyl (C=O) groups is 1. The van der Waals surface area contributed by atoms with Crippen LogP contribution in [0.15, 0.2) is 0 Å². The van der Waals surface area contributed by atoms with Crippen LogP contribution in [0.1, 0.15) is 52.9 Å². The van der Waals surface area contributed by atoms with E-state index in [1.165, 1.54) is 32.1 Å². The van der Waals surface area contributed by atoms with Crippen molar-refractivity contribution < 1.29 is 4.79 Å². The van der Waals surface area contributed by atoms with Gasteiger partial charge in [0.1, 0.15) is 0 Å². The smallest absolute Gasteiger partial charge is 0.239 e. The molecule has 0 aromatic heterocycles. The fraction of sp³-hybridized carbons (Fsp3) is 0.933. The summed E-state index contributed by atoms with van der Waals surface area (Å²) in [6, 6.07) is 0.520. The molecule has 2 fully saturated rings. The first-order valence-corrected chi connectivity index (χ1v) is 7.62. The molecule has 0 aromatic carbocycles. The van der Waals surface area contributed by atoms with E-state index in [9.17, 15) is 4.79 Å². The summed E-state index contributed by atoms with van der Waals surface area (Å²) in [6.07, 6.45) is 6.17. The molecule has 0 radical (unpaired) electrons. The zero-order valence-electron chi connectivity index (χ0n) is 12.1. The van der Waals surface area contributed by atoms with E-state index in [4.69, 9.17) is 0 Å². The number of rotatable bonds is 3. The van der Waals surface area contributed by atoms with Crippen LogP contribution in [0.25, 0.3) is 0 Å². The SMILES string of the molecule is CC1CCC(NC(C)C(=O)N2CCCC2)C(C)C1. The summed E-state index contributed by atoms with van der Waals surface area (Å²) in [7, 11) is 0. The lowest BCUT2D eigenvalue weighted by molar-refractivity contribution is -0.132. The molecule has 2 rings (SSSR count). The highest BCUT2D eigenvalue weighted by Crippen LogP contribution is 2.29. The molecule has 18 heavy (non-hydrogen) atoms. The van der Waals surface area contributed by atoms with Crippen LogP contribution in [0.5, 0.6) is 0 Å². The molecule has 3 nitrogen and oxygen atoms in total. The van der Waals surface area contributed by atoms with Gasteiger partial charge in [-0.05, 0) is 50.9 Å². The average Bonchev–Trinajstić information content (AvgIpc) is 2.85. The second-order valence-corrected chi connectivity index (χ2v) is 6.42. The Hall–Kier alpha value is -0.570. The Bertz CT molecular complexity index is 286. The molecule has 1 saturated carbocycles. The van der Waals surface area contributed by atoms with Gasteiger partial charge in [0.2, 0.25) is 5.91 Å². The Morgan fingerprint density at radius 1 is 1.22 bits per heavy atom. The fourth-order valence-electron chi connectivity index (χ4n) is 3.52. The van der Waals surface area contributed by atoms with Crippen LogP contribution in [0, 0.1) is 11.8 Å². The van der Waals surface area contributed by atoms with Crippen molar-refractivity contribution >= 4 is 5.91 Å². The fourth-order valence-corrected chi connectivity index (χ4v) is 3.52. The summed E-state index contributed by atoms with van der Waals surface area (Å²) in [4.78, 5) is 14.3. The maximum Gasteiger partial charge on any atom is 0.239 e. The average molecular weight is 252 g/mol. The van der Waals surface area contributed by atoms with E-state index in [1.54, 1.807) is 0 Å². The predicted molar refractivity (Wildman–Crippen MR) is 74.4 cm³/mol. The number of likely N-dealkylation sites (tertiary alicyclic amines) is 1. The number of hydrogen-bond donors (Lipinski definition) is 1. The lowest BCUT2D eigenvalue weighted by atomic mass is 9.79. The quantitative estimate of drug-likeness (QED) is 0.836. The Morgan fingerprint density at radius 2 is 1.89 bits per heavy atom. The molecule has 0 aromatic rings. The summed E-state index contributed by atoms with van der Waals surface area (Å²) < 4.78 is 0. The van der Waals surface area contributed by atoms with Crippen molar-refractivity contribution in [2.24, 2.45) is 11.8 Å². The summed E-state index contributed by atoms with van der Waals surface area (Å²) in [5.74, 6) is 1.85. The Morgan fingerprint density at radius 3 is 2.50 bits per heavy atom. The van der Waals surface area contributed by atoms with Crippen molar-refractivity contribution in [1.29, 1.82) is 0 Å².